The third-order valence-electron chi connectivity index (χ3n) is 5.58. The smallest absolute Gasteiger partial charge is 0.317 e. The van der Waals surface area contributed by atoms with Gasteiger partial charge in [-0.05, 0) is 29.7 Å². The van der Waals surface area contributed by atoms with Crippen LogP contribution in [-0.4, -0.2) is 18.1 Å². The predicted molar refractivity (Wildman–Crippen MR) is 122 cm³/mol. The van der Waals surface area contributed by atoms with Gasteiger partial charge < -0.3 is 9.47 Å². The van der Waals surface area contributed by atoms with E-state index < -0.39 is 0 Å². The van der Waals surface area contributed by atoms with Crippen LogP contribution >= 0.6 is 11.3 Å². The summed E-state index contributed by atoms with van der Waals surface area (Å²) in [5, 5.41) is 0.853. The van der Waals surface area contributed by atoms with E-state index >= 15 is 0 Å². The molecule has 5 rings (SSSR count). The average molecular weight is 428 g/mol. The van der Waals surface area contributed by atoms with Crippen molar-refractivity contribution in [1.29, 1.82) is 0 Å². The normalized spacial score (nSPS) is 17.6. The van der Waals surface area contributed by atoms with Gasteiger partial charge in [0.05, 0.1) is 17.9 Å². The molecule has 0 spiro atoms. The number of hydrogen-bond acceptors (Lipinski definition) is 5. The lowest BCUT2D eigenvalue weighted by Gasteiger charge is -2.29. The summed E-state index contributed by atoms with van der Waals surface area (Å²) < 4.78 is 11.2. The first-order valence-electron chi connectivity index (χ1n) is 10.2. The second kappa shape index (κ2) is 8.36. The van der Waals surface area contributed by atoms with Gasteiger partial charge in [0.25, 0.3) is 0 Å². The average Bonchev–Trinajstić information content (AvgIpc) is 3.24. The Labute approximate surface area is 185 Å². The van der Waals surface area contributed by atoms with Crippen LogP contribution in [0.15, 0.2) is 84.9 Å². The number of benzene rings is 3. The molecule has 1 aliphatic heterocycles. The lowest BCUT2D eigenvalue weighted by Crippen LogP contribution is -2.33. The van der Waals surface area contributed by atoms with E-state index in [9.17, 15) is 4.79 Å². The molecule has 4 aromatic rings. The fourth-order valence-corrected chi connectivity index (χ4v) is 5.26. The number of hydrogen-bond donors (Lipinski definition) is 0. The fourth-order valence-electron chi connectivity index (χ4n) is 4.07. The molecule has 2 heterocycles. The van der Waals surface area contributed by atoms with E-state index in [0.29, 0.717) is 12.3 Å². The van der Waals surface area contributed by atoms with Gasteiger partial charge in [0, 0.05) is 11.5 Å². The number of esters is 1. The van der Waals surface area contributed by atoms with Crippen molar-refractivity contribution in [3.8, 4) is 22.2 Å². The topological polar surface area (TPSA) is 48.4 Å². The second-order valence-electron chi connectivity index (χ2n) is 7.53. The van der Waals surface area contributed by atoms with Crippen LogP contribution in [0.4, 0.5) is 0 Å². The Bertz CT molecular complexity index is 1200. The first kappa shape index (κ1) is 19.5. The van der Waals surface area contributed by atoms with Crippen molar-refractivity contribution in [1.82, 2.24) is 4.98 Å². The Morgan fingerprint density at radius 3 is 2.45 bits per heavy atom. The van der Waals surface area contributed by atoms with Crippen molar-refractivity contribution >= 4 is 17.3 Å². The maximum absolute atomic E-state index is 13.2. The van der Waals surface area contributed by atoms with Gasteiger partial charge in [-0.3, -0.25) is 4.79 Å². The van der Waals surface area contributed by atoms with E-state index in [0.717, 1.165) is 32.3 Å². The first-order chi connectivity index (χ1) is 15.2. The third-order valence-corrected chi connectivity index (χ3v) is 6.75. The monoisotopic (exact) mass is 427 g/mol. The highest BCUT2D eigenvalue weighted by molar-refractivity contribution is 7.15. The number of carbonyl (C=O) groups is 1. The summed E-state index contributed by atoms with van der Waals surface area (Å²) >= 11 is 1.59. The second-order valence-corrected chi connectivity index (χ2v) is 8.56. The van der Waals surface area contributed by atoms with Gasteiger partial charge in [0.15, 0.2) is 0 Å². The number of ether oxygens (including phenoxy) is 2. The molecule has 1 aliphatic rings. The van der Waals surface area contributed by atoms with Crippen LogP contribution < -0.4 is 9.47 Å². The minimum Gasteiger partial charge on any atom is -0.497 e. The molecule has 3 aromatic carbocycles. The van der Waals surface area contributed by atoms with Gasteiger partial charge in [0.1, 0.15) is 10.8 Å². The molecule has 1 aromatic heterocycles. The molecule has 0 bridgehead atoms. The first-order valence-corrected chi connectivity index (χ1v) is 11.0. The minimum absolute atomic E-state index is 0.151. The summed E-state index contributed by atoms with van der Waals surface area (Å²) in [6.07, 6.45) is 0.597. The zero-order valence-corrected chi connectivity index (χ0v) is 17.8. The molecule has 2 atom stereocenters. The number of rotatable bonds is 5. The van der Waals surface area contributed by atoms with Gasteiger partial charge in [-0.25, -0.2) is 4.98 Å². The fraction of sp³-hybridized carbons (Fsp3) is 0.154. The Balaban J connectivity index is 1.62. The van der Waals surface area contributed by atoms with Crippen LogP contribution in [0.2, 0.25) is 0 Å². The van der Waals surface area contributed by atoms with Crippen molar-refractivity contribution < 1.29 is 14.3 Å². The highest BCUT2D eigenvalue weighted by Gasteiger charge is 2.41. The van der Waals surface area contributed by atoms with Crippen molar-refractivity contribution in [3.05, 3.63) is 101 Å². The Hall–Kier alpha value is -3.44. The van der Waals surface area contributed by atoms with E-state index in [-0.39, 0.29) is 17.8 Å². The number of nitrogens with zero attached hydrogens (tertiary/aromatic N) is 1. The molecule has 154 valence electrons. The van der Waals surface area contributed by atoms with Gasteiger partial charge in [-0.15, -0.1) is 11.3 Å². The number of aromatic nitrogens is 1. The molecule has 0 radical (unpaired) electrons. The Morgan fingerprint density at radius 2 is 1.71 bits per heavy atom. The van der Waals surface area contributed by atoms with Gasteiger partial charge >= 0.3 is 5.97 Å². The molecule has 0 saturated carbocycles. The standard InChI is InChI=1S/C26H21NO3S/c1-29-20-14-8-13-19(16-20)22-21(15-17-9-4-2-5-10-17)26(28)30-24-23(22)31-25(27-24)18-11-6-3-7-12-18/h2-14,16,21-22H,15H2,1H3/t21-,22+/m0/s1. The number of methoxy groups -OCH3 is 1. The molecule has 0 saturated heterocycles. The zero-order valence-electron chi connectivity index (χ0n) is 17.0. The minimum atomic E-state index is -0.342. The van der Waals surface area contributed by atoms with Crippen LogP contribution in [0.5, 0.6) is 11.6 Å². The zero-order chi connectivity index (χ0) is 21.2. The number of fused-ring (bicyclic) bond motifs is 1. The molecule has 0 fully saturated rings. The van der Waals surface area contributed by atoms with Gasteiger partial charge in [-0.2, -0.15) is 0 Å². The molecule has 5 heteroatoms. The van der Waals surface area contributed by atoms with Crippen LogP contribution in [0.25, 0.3) is 10.6 Å². The largest absolute Gasteiger partial charge is 0.497 e. The summed E-state index contributed by atoms with van der Waals surface area (Å²) in [6, 6.07) is 28.0. The van der Waals surface area contributed by atoms with Crippen molar-refractivity contribution in [2.45, 2.75) is 12.3 Å². The van der Waals surface area contributed by atoms with E-state index in [1.807, 2.05) is 78.9 Å². The van der Waals surface area contributed by atoms with Crippen LogP contribution in [0.3, 0.4) is 0 Å². The molecule has 4 nitrogen and oxygen atoms in total. The maximum atomic E-state index is 13.2. The summed E-state index contributed by atoms with van der Waals surface area (Å²) in [7, 11) is 1.65. The molecule has 0 amide bonds. The summed E-state index contributed by atoms with van der Waals surface area (Å²) in [4.78, 5) is 18.8. The third kappa shape index (κ3) is 3.84. The maximum Gasteiger partial charge on any atom is 0.317 e. The number of carbonyl (C=O) groups excluding carboxylic acids is 1. The van der Waals surface area contributed by atoms with Crippen molar-refractivity contribution in [2.75, 3.05) is 7.11 Å². The predicted octanol–water partition coefficient (Wildman–Crippen LogP) is 5.73. The summed E-state index contributed by atoms with van der Waals surface area (Å²) in [5.41, 5.74) is 3.15. The highest BCUT2D eigenvalue weighted by Crippen LogP contribution is 2.48. The molecule has 0 aliphatic carbocycles. The van der Waals surface area contributed by atoms with E-state index in [2.05, 4.69) is 11.1 Å². The lowest BCUT2D eigenvalue weighted by atomic mass is 9.80. The Kier molecular flexibility index (Phi) is 5.26. The Morgan fingerprint density at radius 1 is 0.968 bits per heavy atom. The lowest BCUT2D eigenvalue weighted by molar-refractivity contribution is -0.141. The van der Waals surface area contributed by atoms with Crippen LogP contribution in [0, 0.1) is 5.92 Å². The summed E-state index contributed by atoms with van der Waals surface area (Å²) in [6.45, 7) is 0. The molecule has 0 unspecified atom stereocenters. The molecular formula is C26H21NO3S. The van der Waals surface area contributed by atoms with Gasteiger partial charge in [0.2, 0.25) is 5.88 Å². The van der Waals surface area contributed by atoms with E-state index in [1.54, 1.807) is 18.4 Å². The SMILES string of the molecule is COc1cccc([C@H]2c3sc(-c4ccccc4)nc3OC(=O)[C@H]2Cc2ccccc2)c1. The van der Waals surface area contributed by atoms with Gasteiger partial charge in [-0.1, -0.05) is 72.8 Å². The quantitative estimate of drug-likeness (QED) is 0.382. The summed E-state index contributed by atoms with van der Waals surface area (Å²) in [5.74, 6) is 0.455. The van der Waals surface area contributed by atoms with Crippen molar-refractivity contribution in [2.24, 2.45) is 5.92 Å². The van der Waals surface area contributed by atoms with E-state index in [4.69, 9.17) is 9.47 Å². The van der Waals surface area contributed by atoms with Crippen molar-refractivity contribution in [3.63, 3.8) is 0 Å². The van der Waals surface area contributed by atoms with Crippen LogP contribution in [-0.2, 0) is 11.2 Å². The van der Waals surface area contributed by atoms with E-state index in [1.165, 1.54) is 0 Å². The molecular weight excluding hydrogens is 406 g/mol. The molecule has 0 N–H and O–H groups in total. The number of thiazole rings is 1. The van der Waals surface area contributed by atoms with Crippen LogP contribution in [0.1, 0.15) is 21.9 Å². The molecule has 31 heavy (non-hydrogen) atoms. The highest BCUT2D eigenvalue weighted by atomic mass is 32.1.